The minimum atomic E-state index is -0.0971. The van der Waals surface area contributed by atoms with Crippen molar-refractivity contribution in [2.45, 2.75) is 45.1 Å². The van der Waals surface area contributed by atoms with Crippen LogP contribution in [0.3, 0.4) is 0 Å². The third-order valence-corrected chi connectivity index (χ3v) is 3.93. The van der Waals surface area contributed by atoms with Crippen molar-refractivity contribution in [3.8, 4) is 0 Å². The highest BCUT2D eigenvalue weighted by atomic mass is 127. The molecule has 22 heavy (non-hydrogen) atoms. The van der Waals surface area contributed by atoms with Crippen LogP contribution in [0.2, 0.25) is 0 Å². The molecular weight excluding hydrogens is 392 g/mol. The van der Waals surface area contributed by atoms with E-state index in [1.807, 2.05) is 19.1 Å². The van der Waals surface area contributed by atoms with Crippen LogP contribution in [-0.2, 0) is 0 Å². The monoisotopic (exact) mass is 419 g/mol. The Labute approximate surface area is 150 Å². The van der Waals surface area contributed by atoms with Gasteiger partial charge >= 0.3 is 0 Å². The van der Waals surface area contributed by atoms with E-state index in [1.165, 1.54) is 6.42 Å². The molecule has 3 nitrogen and oxygen atoms in total. The molecule has 0 aromatic heterocycles. The van der Waals surface area contributed by atoms with Crippen molar-refractivity contribution in [2.24, 2.45) is 4.99 Å². The van der Waals surface area contributed by atoms with Crippen LogP contribution in [0.1, 0.15) is 44.6 Å². The molecule has 2 rings (SSSR count). The Morgan fingerprint density at radius 3 is 2.73 bits per heavy atom. The van der Waals surface area contributed by atoms with Crippen LogP contribution in [0.15, 0.2) is 29.3 Å². The summed E-state index contributed by atoms with van der Waals surface area (Å²) in [6.07, 6.45) is 3.30. The number of benzene rings is 1. The summed E-state index contributed by atoms with van der Waals surface area (Å²) in [5.74, 6) is 1.11. The summed E-state index contributed by atoms with van der Waals surface area (Å²) in [7, 11) is 2.07. The SMILES string of the molecule is CCCCN(C)C(=NCC)NC1CC1c1ccccc1F.I. The Bertz CT molecular complexity index is 493. The number of aliphatic imine (C=N–C) groups is 1. The molecule has 1 aromatic carbocycles. The molecule has 0 radical (unpaired) electrons. The van der Waals surface area contributed by atoms with Crippen LogP contribution in [0, 0.1) is 5.82 Å². The van der Waals surface area contributed by atoms with Gasteiger partial charge in [0.15, 0.2) is 5.96 Å². The maximum absolute atomic E-state index is 13.8. The Kier molecular flexibility index (Phi) is 8.14. The van der Waals surface area contributed by atoms with E-state index in [0.717, 1.165) is 37.5 Å². The van der Waals surface area contributed by atoms with Crippen molar-refractivity contribution in [1.29, 1.82) is 0 Å². The van der Waals surface area contributed by atoms with Gasteiger partial charge in [0.25, 0.3) is 0 Å². The van der Waals surface area contributed by atoms with Gasteiger partial charge in [-0.15, -0.1) is 24.0 Å². The molecule has 0 aliphatic heterocycles. The minimum absolute atomic E-state index is 0. The van der Waals surface area contributed by atoms with Crippen molar-refractivity contribution >= 4 is 29.9 Å². The van der Waals surface area contributed by atoms with E-state index in [4.69, 9.17) is 0 Å². The zero-order chi connectivity index (χ0) is 15.2. The first-order chi connectivity index (χ1) is 10.2. The minimum Gasteiger partial charge on any atom is -0.353 e. The van der Waals surface area contributed by atoms with Gasteiger partial charge in [0.05, 0.1) is 0 Å². The summed E-state index contributed by atoms with van der Waals surface area (Å²) in [6.45, 7) is 5.99. The van der Waals surface area contributed by atoms with E-state index < -0.39 is 0 Å². The normalized spacial score (nSPS) is 20.3. The van der Waals surface area contributed by atoms with Crippen molar-refractivity contribution in [3.05, 3.63) is 35.6 Å². The summed E-state index contributed by atoms with van der Waals surface area (Å²) in [6, 6.07) is 7.38. The predicted octanol–water partition coefficient (Wildman–Crippen LogP) is 4.00. The molecule has 1 aliphatic rings. The largest absolute Gasteiger partial charge is 0.353 e. The second-order valence-electron chi connectivity index (χ2n) is 5.69. The lowest BCUT2D eigenvalue weighted by molar-refractivity contribution is 0.462. The van der Waals surface area contributed by atoms with Crippen molar-refractivity contribution in [2.75, 3.05) is 20.1 Å². The first-order valence-electron chi connectivity index (χ1n) is 7.93. The van der Waals surface area contributed by atoms with Crippen LogP contribution < -0.4 is 5.32 Å². The van der Waals surface area contributed by atoms with E-state index in [0.29, 0.717) is 6.04 Å². The standard InChI is InChI=1S/C17H26FN3.HI/c1-4-6-11-21(3)17(19-5-2)20-16-12-14(16)13-9-7-8-10-15(13)18;/h7-10,14,16H,4-6,11-12H2,1-3H3,(H,19,20);1H. The molecule has 0 saturated heterocycles. The van der Waals surface area contributed by atoms with Gasteiger partial charge in [0.2, 0.25) is 0 Å². The van der Waals surface area contributed by atoms with E-state index in [1.54, 1.807) is 12.1 Å². The number of halogens is 2. The lowest BCUT2D eigenvalue weighted by atomic mass is 10.1. The Balaban J connectivity index is 0.00000242. The van der Waals surface area contributed by atoms with Gasteiger partial charge in [0.1, 0.15) is 5.82 Å². The Hall–Kier alpha value is -0.850. The molecule has 1 aliphatic carbocycles. The average molecular weight is 419 g/mol. The maximum Gasteiger partial charge on any atom is 0.193 e. The van der Waals surface area contributed by atoms with Crippen LogP contribution in [-0.4, -0.2) is 37.0 Å². The fourth-order valence-electron chi connectivity index (χ4n) is 2.57. The number of hydrogen-bond donors (Lipinski definition) is 1. The van der Waals surface area contributed by atoms with Crippen LogP contribution in [0.25, 0.3) is 0 Å². The van der Waals surface area contributed by atoms with E-state index in [2.05, 4.69) is 29.2 Å². The molecule has 0 bridgehead atoms. The van der Waals surface area contributed by atoms with Gasteiger partial charge in [-0.3, -0.25) is 4.99 Å². The molecule has 1 fully saturated rings. The zero-order valence-corrected chi connectivity index (χ0v) is 16.0. The molecule has 2 unspecified atom stereocenters. The van der Waals surface area contributed by atoms with Crippen LogP contribution in [0.5, 0.6) is 0 Å². The van der Waals surface area contributed by atoms with E-state index >= 15 is 0 Å². The highest BCUT2D eigenvalue weighted by Gasteiger charge is 2.40. The Morgan fingerprint density at radius 1 is 1.36 bits per heavy atom. The van der Waals surface area contributed by atoms with Crippen LogP contribution >= 0.6 is 24.0 Å². The second kappa shape index (κ2) is 9.33. The summed E-state index contributed by atoms with van der Waals surface area (Å²) >= 11 is 0. The molecule has 1 saturated carbocycles. The number of guanidine groups is 1. The molecule has 1 N–H and O–H groups in total. The molecule has 0 amide bonds. The van der Waals surface area contributed by atoms with Crippen molar-refractivity contribution < 1.29 is 4.39 Å². The second-order valence-corrected chi connectivity index (χ2v) is 5.69. The third kappa shape index (κ3) is 5.11. The van der Waals surface area contributed by atoms with E-state index in [-0.39, 0.29) is 35.7 Å². The zero-order valence-electron chi connectivity index (χ0n) is 13.7. The van der Waals surface area contributed by atoms with Gasteiger partial charge in [-0.05, 0) is 31.4 Å². The Morgan fingerprint density at radius 2 is 2.09 bits per heavy atom. The molecule has 124 valence electrons. The smallest absolute Gasteiger partial charge is 0.193 e. The first kappa shape index (κ1) is 19.2. The quantitative estimate of drug-likeness (QED) is 0.429. The number of nitrogens with zero attached hydrogens (tertiary/aromatic N) is 2. The van der Waals surface area contributed by atoms with Gasteiger partial charge in [-0.1, -0.05) is 31.5 Å². The number of hydrogen-bond acceptors (Lipinski definition) is 1. The molecule has 2 atom stereocenters. The van der Waals surface area contributed by atoms with Crippen molar-refractivity contribution in [1.82, 2.24) is 10.2 Å². The highest BCUT2D eigenvalue weighted by molar-refractivity contribution is 14.0. The van der Waals surface area contributed by atoms with Gasteiger partial charge in [-0.2, -0.15) is 0 Å². The number of nitrogens with one attached hydrogen (secondary N) is 1. The fourth-order valence-corrected chi connectivity index (χ4v) is 2.57. The molecule has 1 aromatic rings. The topological polar surface area (TPSA) is 27.6 Å². The highest BCUT2D eigenvalue weighted by Crippen LogP contribution is 2.41. The fraction of sp³-hybridized carbons (Fsp3) is 0.588. The molecule has 0 heterocycles. The number of rotatable bonds is 6. The molecule has 5 heteroatoms. The molecular formula is C17H27FIN3. The number of unbranched alkanes of at least 4 members (excludes halogenated alkanes) is 1. The maximum atomic E-state index is 13.8. The predicted molar refractivity (Wildman–Crippen MR) is 102 cm³/mol. The van der Waals surface area contributed by atoms with Gasteiger partial charge < -0.3 is 10.2 Å². The first-order valence-corrected chi connectivity index (χ1v) is 7.93. The summed E-state index contributed by atoms with van der Waals surface area (Å²) < 4.78 is 13.8. The lowest BCUT2D eigenvalue weighted by Crippen LogP contribution is -2.41. The van der Waals surface area contributed by atoms with Crippen LogP contribution in [0.4, 0.5) is 4.39 Å². The lowest BCUT2D eigenvalue weighted by Gasteiger charge is -2.22. The van der Waals surface area contributed by atoms with Gasteiger partial charge in [0, 0.05) is 32.1 Å². The summed E-state index contributed by atoms with van der Waals surface area (Å²) in [4.78, 5) is 6.72. The van der Waals surface area contributed by atoms with Crippen molar-refractivity contribution in [3.63, 3.8) is 0 Å². The average Bonchev–Trinajstić information content (AvgIpc) is 3.24. The summed E-state index contributed by atoms with van der Waals surface area (Å²) in [5, 5.41) is 3.49. The summed E-state index contributed by atoms with van der Waals surface area (Å²) in [5.41, 5.74) is 0.821. The third-order valence-electron chi connectivity index (χ3n) is 3.93. The van der Waals surface area contributed by atoms with Gasteiger partial charge in [-0.25, -0.2) is 4.39 Å². The molecule has 0 spiro atoms. The van der Waals surface area contributed by atoms with E-state index in [9.17, 15) is 4.39 Å².